The largest absolute Gasteiger partial charge is 0.470 e. The summed E-state index contributed by atoms with van der Waals surface area (Å²) in [6.45, 7) is 10.1. The SMILES string of the molecule is CC(C)[C@H]1CC[C@H](C)C[C@@H]1OCC(=O)N1CCN(c2nsnc2OCc2ccncc2)CC1. The highest BCUT2D eigenvalue weighted by molar-refractivity contribution is 6.99. The fourth-order valence-electron chi connectivity index (χ4n) is 4.83. The van der Waals surface area contributed by atoms with Crippen LogP contribution in [0.5, 0.6) is 5.88 Å². The van der Waals surface area contributed by atoms with Gasteiger partial charge < -0.3 is 19.3 Å². The molecule has 0 N–H and O–H groups in total. The average Bonchev–Trinajstić information content (AvgIpc) is 3.30. The van der Waals surface area contributed by atoms with Crippen molar-refractivity contribution in [2.45, 2.75) is 52.7 Å². The monoisotopic (exact) mass is 473 g/mol. The highest BCUT2D eigenvalue weighted by Gasteiger charge is 2.32. The molecule has 1 aliphatic heterocycles. The van der Waals surface area contributed by atoms with E-state index in [0.29, 0.717) is 56.4 Å². The number of ether oxygens (including phenoxy) is 2. The van der Waals surface area contributed by atoms with E-state index < -0.39 is 0 Å². The zero-order valence-electron chi connectivity index (χ0n) is 19.9. The molecule has 0 aromatic carbocycles. The third-order valence-electron chi connectivity index (χ3n) is 6.88. The minimum atomic E-state index is 0.0842. The zero-order valence-corrected chi connectivity index (χ0v) is 20.7. The molecular formula is C24H35N5O3S. The van der Waals surface area contributed by atoms with E-state index in [-0.39, 0.29) is 18.6 Å². The smallest absolute Gasteiger partial charge is 0.271 e. The molecule has 9 heteroatoms. The Morgan fingerprint density at radius 3 is 2.64 bits per heavy atom. The standard InChI is InChI=1S/C24H35N5O3S/c1-17(2)20-5-4-18(3)14-21(20)31-16-22(30)28-10-12-29(13-11-28)23-24(27-33-26-23)32-15-19-6-8-25-9-7-19/h6-9,17-18,20-21H,4-5,10-16H2,1-3H3/t18-,20+,21-/m0/s1. The van der Waals surface area contributed by atoms with Crippen LogP contribution in [0.25, 0.3) is 0 Å². The first-order valence-corrected chi connectivity index (χ1v) is 12.7. The van der Waals surface area contributed by atoms with E-state index in [0.717, 1.165) is 29.5 Å². The van der Waals surface area contributed by atoms with Crippen molar-refractivity contribution in [1.82, 2.24) is 18.6 Å². The Balaban J connectivity index is 1.25. The summed E-state index contributed by atoms with van der Waals surface area (Å²) in [4.78, 5) is 20.9. The maximum Gasteiger partial charge on any atom is 0.271 e. The molecule has 2 aromatic rings. The highest BCUT2D eigenvalue weighted by Crippen LogP contribution is 2.35. The van der Waals surface area contributed by atoms with Gasteiger partial charge >= 0.3 is 0 Å². The van der Waals surface area contributed by atoms with Gasteiger partial charge in [-0.1, -0.05) is 27.2 Å². The molecule has 0 radical (unpaired) electrons. The minimum absolute atomic E-state index is 0.0842. The molecule has 4 rings (SSSR count). The summed E-state index contributed by atoms with van der Waals surface area (Å²) in [7, 11) is 0. The van der Waals surface area contributed by atoms with Crippen LogP contribution >= 0.6 is 11.7 Å². The molecule has 33 heavy (non-hydrogen) atoms. The van der Waals surface area contributed by atoms with E-state index in [1.54, 1.807) is 12.4 Å². The first-order valence-electron chi connectivity index (χ1n) is 12.0. The zero-order chi connectivity index (χ0) is 23.2. The summed E-state index contributed by atoms with van der Waals surface area (Å²) >= 11 is 1.15. The maximum atomic E-state index is 12.8. The molecule has 2 fully saturated rings. The van der Waals surface area contributed by atoms with Crippen LogP contribution in [-0.4, -0.2) is 63.4 Å². The second kappa shape index (κ2) is 11.2. The second-order valence-corrected chi connectivity index (χ2v) is 10.1. The first-order chi connectivity index (χ1) is 16.0. The van der Waals surface area contributed by atoms with Crippen molar-refractivity contribution in [2.24, 2.45) is 17.8 Å². The van der Waals surface area contributed by atoms with Crippen LogP contribution in [0.3, 0.4) is 0 Å². The number of hydrogen-bond acceptors (Lipinski definition) is 8. The normalized spacial score (nSPS) is 23.7. The molecule has 1 saturated carbocycles. The number of aromatic nitrogens is 3. The van der Waals surface area contributed by atoms with Crippen LogP contribution in [0.15, 0.2) is 24.5 Å². The molecule has 8 nitrogen and oxygen atoms in total. The number of amides is 1. The van der Waals surface area contributed by atoms with Crippen LogP contribution in [0.4, 0.5) is 5.82 Å². The van der Waals surface area contributed by atoms with Gasteiger partial charge in [-0.3, -0.25) is 9.78 Å². The lowest BCUT2D eigenvalue weighted by Gasteiger charge is -2.38. The van der Waals surface area contributed by atoms with Gasteiger partial charge in [-0.25, -0.2) is 0 Å². The Hall–Kier alpha value is -2.26. The first kappa shape index (κ1) is 23.9. The summed E-state index contributed by atoms with van der Waals surface area (Å²) < 4.78 is 20.8. The lowest BCUT2D eigenvalue weighted by molar-refractivity contribution is -0.141. The van der Waals surface area contributed by atoms with Gasteiger partial charge in [0.25, 0.3) is 5.88 Å². The minimum Gasteiger partial charge on any atom is -0.470 e. The Morgan fingerprint density at radius 1 is 1.15 bits per heavy atom. The van der Waals surface area contributed by atoms with Crippen molar-refractivity contribution >= 4 is 23.5 Å². The molecule has 1 saturated heterocycles. The average molecular weight is 474 g/mol. The van der Waals surface area contributed by atoms with Gasteiger partial charge in [-0.2, -0.15) is 4.37 Å². The number of nitrogens with zero attached hydrogens (tertiary/aromatic N) is 5. The molecule has 0 spiro atoms. The topological polar surface area (TPSA) is 80.7 Å². The third kappa shape index (κ3) is 6.20. The van der Waals surface area contributed by atoms with E-state index in [4.69, 9.17) is 9.47 Å². The van der Waals surface area contributed by atoms with E-state index in [9.17, 15) is 4.79 Å². The Kier molecular flexibility index (Phi) is 8.14. The molecule has 1 amide bonds. The van der Waals surface area contributed by atoms with Gasteiger partial charge in [0, 0.05) is 38.6 Å². The summed E-state index contributed by atoms with van der Waals surface area (Å²) in [5, 5.41) is 0. The predicted octanol–water partition coefficient (Wildman–Crippen LogP) is 3.64. The molecule has 3 heterocycles. The third-order valence-corrected chi connectivity index (χ3v) is 7.38. The molecule has 3 atom stereocenters. The summed E-state index contributed by atoms with van der Waals surface area (Å²) in [6.07, 6.45) is 7.21. The number of anilines is 1. The molecular weight excluding hydrogens is 438 g/mol. The molecule has 2 aromatic heterocycles. The fraction of sp³-hybridized carbons (Fsp3) is 0.667. The van der Waals surface area contributed by atoms with Crippen LogP contribution in [0.1, 0.15) is 45.6 Å². The maximum absolute atomic E-state index is 12.8. The Labute approximate surface area is 200 Å². The van der Waals surface area contributed by atoms with Crippen molar-refractivity contribution < 1.29 is 14.3 Å². The molecule has 2 aliphatic rings. The van der Waals surface area contributed by atoms with Gasteiger partial charge in [-0.05, 0) is 48.3 Å². The number of pyridine rings is 1. The van der Waals surface area contributed by atoms with Gasteiger partial charge in [0.15, 0.2) is 0 Å². The van der Waals surface area contributed by atoms with Crippen LogP contribution < -0.4 is 9.64 Å². The van der Waals surface area contributed by atoms with E-state index in [2.05, 4.69) is 39.4 Å². The summed E-state index contributed by atoms with van der Waals surface area (Å²) in [5.74, 6) is 3.20. The highest BCUT2D eigenvalue weighted by atomic mass is 32.1. The van der Waals surface area contributed by atoms with E-state index in [1.165, 1.54) is 12.8 Å². The van der Waals surface area contributed by atoms with Crippen molar-refractivity contribution in [3.8, 4) is 5.88 Å². The van der Waals surface area contributed by atoms with Gasteiger partial charge in [0.1, 0.15) is 13.2 Å². The van der Waals surface area contributed by atoms with E-state index >= 15 is 0 Å². The Morgan fingerprint density at radius 2 is 1.91 bits per heavy atom. The number of carbonyl (C=O) groups excluding carboxylic acids is 1. The van der Waals surface area contributed by atoms with Crippen LogP contribution in [0, 0.1) is 17.8 Å². The van der Waals surface area contributed by atoms with Crippen molar-refractivity contribution in [1.29, 1.82) is 0 Å². The summed E-state index contributed by atoms with van der Waals surface area (Å²) in [6, 6.07) is 3.84. The second-order valence-electron chi connectivity index (χ2n) is 9.58. The van der Waals surface area contributed by atoms with Gasteiger partial charge in [0.05, 0.1) is 17.8 Å². The number of rotatable bonds is 8. The van der Waals surface area contributed by atoms with Crippen molar-refractivity contribution in [2.75, 3.05) is 37.7 Å². The fourth-order valence-corrected chi connectivity index (χ4v) is 5.35. The Bertz CT molecular complexity index is 885. The van der Waals surface area contributed by atoms with E-state index in [1.807, 2.05) is 17.0 Å². The molecule has 1 aliphatic carbocycles. The van der Waals surface area contributed by atoms with Crippen molar-refractivity contribution in [3.05, 3.63) is 30.1 Å². The molecule has 0 bridgehead atoms. The van der Waals surface area contributed by atoms with Crippen molar-refractivity contribution in [3.63, 3.8) is 0 Å². The quantitative estimate of drug-likeness (QED) is 0.579. The molecule has 180 valence electrons. The summed E-state index contributed by atoms with van der Waals surface area (Å²) in [5.41, 5.74) is 1.03. The predicted molar refractivity (Wildman–Crippen MR) is 128 cm³/mol. The lowest BCUT2D eigenvalue weighted by atomic mass is 9.75. The number of carbonyl (C=O) groups is 1. The van der Waals surface area contributed by atoms with Crippen LogP contribution in [0.2, 0.25) is 0 Å². The molecule has 0 unspecified atom stereocenters. The number of hydrogen-bond donors (Lipinski definition) is 0. The lowest BCUT2D eigenvalue weighted by Crippen LogP contribution is -2.50. The van der Waals surface area contributed by atoms with Gasteiger partial charge in [0.2, 0.25) is 11.7 Å². The van der Waals surface area contributed by atoms with Gasteiger partial charge in [-0.15, -0.1) is 4.37 Å². The van der Waals surface area contributed by atoms with Crippen LogP contribution in [-0.2, 0) is 16.1 Å². The number of piperazine rings is 1.